The number of nitro groups is 1. The summed E-state index contributed by atoms with van der Waals surface area (Å²) in [6.45, 7) is 3.26. The van der Waals surface area contributed by atoms with Crippen LogP contribution in [0.3, 0.4) is 0 Å². The lowest BCUT2D eigenvalue weighted by atomic mass is 9.97. The molecule has 0 aliphatic carbocycles. The summed E-state index contributed by atoms with van der Waals surface area (Å²) >= 11 is 0. The Kier molecular flexibility index (Phi) is 2.86. The Morgan fingerprint density at radius 1 is 1.43 bits per heavy atom. The van der Waals surface area contributed by atoms with Gasteiger partial charge in [-0.2, -0.15) is 0 Å². The van der Waals surface area contributed by atoms with Crippen molar-refractivity contribution >= 4 is 5.69 Å². The fraction of sp³-hybridized carbons (Fsp3) is 0.400. The maximum absolute atomic E-state index is 10.6. The fourth-order valence-corrected chi connectivity index (χ4v) is 1.30. The zero-order chi connectivity index (χ0) is 10.8. The van der Waals surface area contributed by atoms with Crippen molar-refractivity contribution in [2.24, 2.45) is 0 Å². The van der Waals surface area contributed by atoms with Gasteiger partial charge < -0.3 is 5.11 Å². The van der Waals surface area contributed by atoms with Gasteiger partial charge in [-0.25, -0.2) is 0 Å². The van der Waals surface area contributed by atoms with E-state index in [0.29, 0.717) is 5.56 Å². The van der Waals surface area contributed by atoms with Gasteiger partial charge in [-0.1, -0.05) is 18.2 Å². The largest absolute Gasteiger partial charge is 0.390 e. The minimum absolute atomic E-state index is 0.0645. The van der Waals surface area contributed by atoms with Crippen molar-refractivity contribution in [2.75, 3.05) is 0 Å². The number of para-hydroxylation sites is 1. The van der Waals surface area contributed by atoms with Crippen molar-refractivity contribution in [2.45, 2.75) is 25.9 Å². The van der Waals surface area contributed by atoms with Gasteiger partial charge in [0.25, 0.3) is 5.69 Å². The summed E-state index contributed by atoms with van der Waals surface area (Å²) in [5.41, 5.74) is -0.300. The van der Waals surface area contributed by atoms with Crippen LogP contribution in [-0.4, -0.2) is 15.6 Å². The van der Waals surface area contributed by atoms with E-state index in [4.69, 9.17) is 0 Å². The standard InChI is InChI=1S/C10H13NO3/c1-10(2,12)7-8-5-3-4-6-9(8)11(13)14/h3-6,12H,7H2,1-2H3. The van der Waals surface area contributed by atoms with Gasteiger partial charge >= 0.3 is 0 Å². The molecule has 0 fully saturated rings. The highest BCUT2D eigenvalue weighted by Gasteiger charge is 2.20. The highest BCUT2D eigenvalue weighted by Crippen LogP contribution is 2.22. The van der Waals surface area contributed by atoms with Gasteiger partial charge in [0.15, 0.2) is 0 Å². The quantitative estimate of drug-likeness (QED) is 0.591. The Labute approximate surface area is 82.3 Å². The normalized spacial score (nSPS) is 11.4. The predicted molar refractivity (Wildman–Crippen MR) is 53.1 cm³/mol. The Bertz CT molecular complexity index is 341. The molecule has 0 heterocycles. The molecule has 0 saturated carbocycles. The maximum Gasteiger partial charge on any atom is 0.272 e. The average molecular weight is 195 g/mol. The van der Waals surface area contributed by atoms with Crippen LogP contribution in [0.4, 0.5) is 5.69 Å². The molecular formula is C10H13NO3. The van der Waals surface area contributed by atoms with Crippen molar-refractivity contribution in [3.05, 3.63) is 39.9 Å². The first-order valence-electron chi connectivity index (χ1n) is 4.35. The molecule has 0 amide bonds. The number of benzene rings is 1. The van der Waals surface area contributed by atoms with E-state index in [-0.39, 0.29) is 12.1 Å². The van der Waals surface area contributed by atoms with Gasteiger partial charge in [0, 0.05) is 18.1 Å². The third kappa shape index (κ3) is 2.81. The first-order valence-corrected chi connectivity index (χ1v) is 4.35. The van der Waals surface area contributed by atoms with Crippen LogP contribution in [-0.2, 0) is 6.42 Å². The second-order valence-electron chi connectivity index (χ2n) is 3.88. The molecule has 1 aromatic rings. The summed E-state index contributed by atoms with van der Waals surface area (Å²) in [5.74, 6) is 0. The van der Waals surface area contributed by atoms with Crippen LogP contribution in [0.5, 0.6) is 0 Å². The van der Waals surface area contributed by atoms with E-state index in [1.165, 1.54) is 6.07 Å². The average Bonchev–Trinajstić information content (AvgIpc) is 2.01. The molecule has 0 saturated heterocycles. The first-order chi connectivity index (χ1) is 6.40. The molecule has 0 aromatic heterocycles. The molecule has 0 spiro atoms. The lowest BCUT2D eigenvalue weighted by Crippen LogP contribution is -2.22. The second kappa shape index (κ2) is 3.75. The molecule has 1 rings (SSSR count). The number of aliphatic hydroxyl groups is 1. The van der Waals surface area contributed by atoms with Crippen LogP contribution in [0, 0.1) is 10.1 Å². The third-order valence-electron chi connectivity index (χ3n) is 1.81. The topological polar surface area (TPSA) is 63.4 Å². The molecular weight excluding hydrogens is 182 g/mol. The summed E-state index contributed by atoms with van der Waals surface area (Å²) in [6, 6.07) is 6.46. The van der Waals surface area contributed by atoms with Crippen LogP contribution in [0.15, 0.2) is 24.3 Å². The summed E-state index contributed by atoms with van der Waals surface area (Å²) < 4.78 is 0. The van der Waals surface area contributed by atoms with Crippen LogP contribution < -0.4 is 0 Å². The Balaban J connectivity index is 3.02. The summed E-state index contributed by atoms with van der Waals surface area (Å²) in [6.07, 6.45) is 0.282. The lowest BCUT2D eigenvalue weighted by molar-refractivity contribution is -0.385. The van der Waals surface area contributed by atoms with E-state index in [1.807, 2.05) is 0 Å². The van der Waals surface area contributed by atoms with E-state index in [9.17, 15) is 15.2 Å². The van der Waals surface area contributed by atoms with Crippen molar-refractivity contribution in [1.29, 1.82) is 0 Å². The monoisotopic (exact) mass is 195 g/mol. The molecule has 0 bridgehead atoms. The van der Waals surface area contributed by atoms with E-state index in [2.05, 4.69) is 0 Å². The molecule has 14 heavy (non-hydrogen) atoms. The Morgan fingerprint density at radius 3 is 2.50 bits per heavy atom. The van der Waals surface area contributed by atoms with E-state index in [1.54, 1.807) is 32.0 Å². The number of nitro benzene ring substituents is 1. The third-order valence-corrected chi connectivity index (χ3v) is 1.81. The SMILES string of the molecule is CC(C)(O)Cc1ccccc1[N+](=O)[O-]. The van der Waals surface area contributed by atoms with Crippen LogP contribution >= 0.6 is 0 Å². The number of nitrogens with zero attached hydrogens (tertiary/aromatic N) is 1. The fourth-order valence-electron chi connectivity index (χ4n) is 1.30. The number of hydrogen-bond acceptors (Lipinski definition) is 3. The van der Waals surface area contributed by atoms with E-state index < -0.39 is 10.5 Å². The summed E-state index contributed by atoms with van der Waals surface area (Å²) in [7, 11) is 0. The number of rotatable bonds is 3. The van der Waals surface area contributed by atoms with Crippen molar-refractivity contribution in [3.63, 3.8) is 0 Å². The van der Waals surface area contributed by atoms with Gasteiger partial charge in [-0.05, 0) is 13.8 Å². The van der Waals surface area contributed by atoms with Crippen molar-refractivity contribution in [3.8, 4) is 0 Å². The summed E-state index contributed by atoms with van der Waals surface area (Å²) in [4.78, 5) is 10.2. The molecule has 0 unspecified atom stereocenters. The van der Waals surface area contributed by atoms with E-state index in [0.717, 1.165) is 0 Å². The second-order valence-corrected chi connectivity index (χ2v) is 3.88. The molecule has 0 atom stereocenters. The predicted octanol–water partition coefficient (Wildman–Crippen LogP) is 1.91. The Hall–Kier alpha value is -1.42. The molecule has 0 aliphatic rings. The van der Waals surface area contributed by atoms with Gasteiger partial charge in [-0.15, -0.1) is 0 Å². The van der Waals surface area contributed by atoms with Gasteiger partial charge in [0.1, 0.15) is 0 Å². The molecule has 0 radical (unpaired) electrons. The van der Waals surface area contributed by atoms with Gasteiger partial charge in [-0.3, -0.25) is 10.1 Å². The molecule has 1 N–H and O–H groups in total. The summed E-state index contributed by atoms with van der Waals surface area (Å²) in [5, 5.41) is 20.2. The van der Waals surface area contributed by atoms with Crippen LogP contribution in [0.2, 0.25) is 0 Å². The van der Waals surface area contributed by atoms with Gasteiger partial charge in [0.05, 0.1) is 10.5 Å². The van der Waals surface area contributed by atoms with Crippen LogP contribution in [0.25, 0.3) is 0 Å². The van der Waals surface area contributed by atoms with E-state index >= 15 is 0 Å². The van der Waals surface area contributed by atoms with Crippen molar-refractivity contribution in [1.82, 2.24) is 0 Å². The zero-order valence-corrected chi connectivity index (χ0v) is 8.23. The molecule has 0 aliphatic heterocycles. The highest BCUT2D eigenvalue weighted by atomic mass is 16.6. The smallest absolute Gasteiger partial charge is 0.272 e. The molecule has 4 heteroatoms. The first kappa shape index (κ1) is 10.7. The minimum Gasteiger partial charge on any atom is -0.390 e. The zero-order valence-electron chi connectivity index (χ0n) is 8.23. The van der Waals surface area contributed by atoms with Crippen molar-refractivity contribution < 1.29 is 10.0 Å². The molecule has 4 nitrogen and oxygen atoms in total. The Morgan fingerprint density at radius 2 is 2.00 bits per heavy atom. The van der Waals surface area contributed by atoms with Gasteiger partial charge in [0.2, 0.25) is 0 Å². The number of hydrogen-bond donors (Lipinski definition) is 1. The lowest BCUT2D eigenvalue weighted by Gasteiger charge is -2.16. The highest BCUT2D eigenvalue weighted by molar-refractivity contribution is 5.40. The molecule has 1 aromatic carbocycles. The molecule has 76 valence electrons. The minimum atomic E-state index is -0.924. The maximum atomic E-state index is 10.6. The van der Waals surface area contributed by atoms with Crippen LogP contribution in [0.1, 0.15) is 19.4 Å².